The van der Waals surface area contributed by atoms with E-state index in [9.17, 15) is 17.6 Å². The van der Waals surface area contributed by atoms with Crippen LogP contribution in [-0.4, -0.2) is 70.9 Å². The van der Waals surface area contributed by atoms with Crippen molar-refractivity contribution >= 4 is 38.9 Å². The number of hydrogen-bond donors (Lipinski definition) is 1. The third-order valence-corrected chi connectivity index (χ3v) is 7.06. The number of rotatable bonds is 5. The van der Waals surface area contributed by atoms with E-state index in [1.54, 1.807) is 12.1 Å². The van der Waals surface area contributed by atoms with E-state index in [1.807, 2.05) is 13.1 Å². The van der Waals surface area contributed by atoms with Crippen LogP contribution < -0.4 is 10.2 Å². The fourth-order valence-corrected chi connectivity index (χ4v) is 4.27. The van der Waals surface area contributed by atoms with Crippen LogP contribution in [0.25, 0.3) is 0 Å². The number of benzene rings is 2. The molecule has 1 aliphatic heterocycles. The summed E-state index contributed by atoms with van der Waals surface area (Å²) in [4.78, 5) is 17.0. The molecule has 30 heavy (non-hydrogen) atoms. The van der Waals surface area contributed by atoms with Gasteiger partial charge in [0.15, 0.2) is 0 Å². The molecule has 0 aromatic heterocycles. The summed E-state index contributed by atoms with van der Waals surface area (Å²) in [5, 5.41) is 3.12. The maximum Gasteiger partial charge on any atom is 0.258 e. The van der Waals surface area contributed by atoms with Crippen molar-refractivity contribution in [2.45, 2.75) is 4.90 Å². The normalized spacial score (nSPS) is 15.5. The Hall–Kier alpha value is -2.20. The summed E-state index contributed by atoms with van der Waals surface area (Å²) in [5.41, 5.74) is 0.859. The Balaban J connectivity index is 1.92. The van der Waals surface area contributed by atoms with Gasteiger partial charge < -0.3 is 15.1 Å². The summed E-state index contributed by atoms with van der Waals surface area (Å²) in [6, 6.07) is 8.30. The summed E-state index contributed by atoms with van der Waals surface area (Å²) in [7, 11) is 0.970. The molecule has 1 N–H and O–H groups in total. The average Bonchev–Trinajstić information content (AvgIpc) is 2.69. The van der Waals surface area contributed by atoms with Crippen LogP contribution in [-0.2, 0) is 10.0 Å². The molecule has 162 valence electrons. The van der Waals surface area contributed by atoms with E-state index in [0.717, 1.165) is 54.4 Å². The van der Waals surface area contributed by atoms with Crippen molar-refractivity contribution < 1.29 is 17.6 Å². The lowest BCUT2D eigenvalue weighted by atomic mass is 10.1. The van der Waals surface area contributed by atoms with Crippen molar-refractivity contribution in [2.75, 3.05) is 57.5 Å². The lowest BCUT2D eigenvalue weighted by molar-refractivity contribution is 0.102. The molecule has 1 heterocycles. The Morgan fingerprint density at radius 2 is 1.77 bits per heavy atom. The maximum atomic E-state index is 14.4. The second-order valence-electron chi connectivity index (χ2n) is 7.34. The van der Waals surface area contributed by atoms with Gasteiger partial charge in [0.1, 0.15) is 5.82 Å². The highest BCUT2D eigenvalue weighted by Gasteiger charge is 2.23. The van der Waals surface area contributed by atoms with E-state index in [1.165, 1.54) is 14.1 Å². The summed E-state index contributed by atoms with van der Waals surface area (Å²) >= 11 is 6.12. The molecule has 2 aromatic rings. The van der Waals surface area contributed by atoms with E-state index in [0.29, 0.717) is 10.7 Å². The number of nitrogens with zero attached hydrogens (tertiary/aromatic N) is 3. The maximum absolute atomic E-state index is 14.4. The molecule has 1 saturated heterocycles. The minimum atomic E-state index is -3.81. The Kier molecular flexibility index (Phi) is 6.66. The van der Waals surface area contributed by atoms with Gasteiger partial charge in [0.2, 0.25) is 10.0 Å². The highest BCUT2D eigenvalue weighted by molar-refractivity contribution is 7.89. The van der Waals surface area contributed by atoms with Gasteiger partial charge in [0, 0.05) is 45.3 Å². The Labute approximate surface area is 181 Å². The van der Waals surface area contributed by atoms with Crippen LogP contribution in [0.5, 0.6) is 0 Å². The largest absolute Gasteiger partial charge is 0.367 e. The van der Waals surface area contributed by atoms with Crippen molar-refractivity contribution in [2.24, 2.45) is 0 Å². The van der Waals surface area contributed by atoms with Crippen molar-refractivity contribution in [3.05, 3.63) is 52.8 Å². The SMILES string of the molecule is CN1CCN(c2ccc(Cl)cc2NC(=O)c2cc(S(=O)(=O)N(C)C)ccc2F)CC1. The van der Waals surface area contributed by atoms with Crippen LogP contribution >= 0.6 is 11.6 Å². The van der Waals surface area contributed by atoms with E-state index >= 15 is 0 Å². The first-order valence-electron chi connectivity index (χ1n) is 9.36. The third kappa shape index (κ3) is 4.75. The first-order valence-corrected chi connectivity index (χ1v) is 11.2. The second kappa shape index (κ2) is 8.89. The Morgan fingerprint density at radius 1 is 1.10 bits per heavy atom. The monoisotopic (exact) mass is 454 g/mol. The van der Waals surface area contributed by atoms with Crippen molar-refractivity contribution in [1.82, 2.24) is 9.21 Å². The van der Waals surface area contributed by atoms with Crippen LogP contribution in [0.3, 0.4) is 0 Å². The fraction of sp³-hybridized carbons (Fsp3) is 0.350. The first kappa shape index (κ1) is 22.5. The number of carbonyl (C=O) groups excluding carboxylic acids is 1. The highest BCUT2D eigenvalue weighted by Crippen LogP contribution is 2.31. The molecule has 10 heteroatoms. The predicted molar refractivity (Wildman–Crippen MR) is 116 cm³/mol. The summed E-state index contributed by atoms with van der Waals surface area (Å²) in [5.74, 6) is -1.56. The number of piperazine rings is 1. The Morgan fingerprint density at radius 3 is 2.40 bits per heavy atom. The molecular formula is C20H24ClFN4O3S. The van der Waals surface area contributed by atoms with Gasteiger partial charge in [-0.25, -0.2) is 17.1 Å². The zero-order valence-corrected chi connectivity index (χ0v) is 18.6. The number of sulfonamides is 1. The lowest BCUT2D eigenvalue weighted by Gasteiger charge is -2.35. The lowest BCUT2D eigenvalue weighted by Crippen LogP contribution is -2.44. The number of carbonyl (C=O) groups is 1. The molecule has 0 bridgehead atoms. The van der Waals surface area contributed by atoms with Crippen molar-refractivity contribution in [3.8, 4) is 0 Å². The van der Waals surface area contributed by atoms with Crippen molar-refractivity contribution in [1.29, 1.82) is 0 Å². The number of hydrogen-bond acceptors (Lipinski definition) is 5. The molecule has 0 aliphatic carbocycles. The summed E-state index contributed by atoms with van der Waals surface area (Å²) in [6.07, 6.45) is 0. The molecule has 0 atom stereocenters. The smallest absolute Gasteiger partial charge is 0.258 e. The third-order valence-electron chi connectivity index (χ3n) is 5.01. The minimum Gasteiger partial charge on any atom is -0.367 e. The Bertz CT molecular complexity index is 1050. The average molecular weight is 455 g/mol. The van der Waals surface area contributed by atoms with Crippen LogP contribution in [0.15, 0.2) is 41.3 Å². The number of anilines is 2. The van der Waals surface area contributed by atoms with Crippen molar-refractivity contribution in [3.63, 3.8) is 0 Å². The van der Waals surface area contributed by atoms with Gasteiger partial charge in [0.25, 0.3) is 5.91 Å². The van der Waals surface area contributed by atoms with Gasteiger partial charge in [0.05, 0.1) is 21.8 Å². The molecule has 2 aromatic carbocycles. The first-order chi connectivity index (χ1) is 14.1. The number of likely N-dealkylation sites (N-methyl/N-ethyl adjacent to an activating group) is 1. The predicted octanol–water partition coefficient (Wildman–Crippen LogP) is 2.73. The fourth-order valence-electron chi connectivity index (χ4n) is 3.17. The van der Waals surface area contributed by atoms with E-state index < -0.39 is 21.7 Å². The molecule has 0 unspecified atom stereocenters. The van der Waals surface area contributed by atoms with Gasteiger partial charge in [-0.15, -0.1) is 0 Å². The molecule has 0 radical (unpaired) electrons. The highest BCUT2D eigenvalue weighted by atomic mass is 35.5. The number of amides is 1. The second-order valence-corrected chi connectivity index (χ2v) is 9.92. The summed E-state index contributed by atoms with van der Waals surface area (Å²) < 4.78 is 40.1. The minimum absolute atomic E-state index is 0.163. The van der Waals surface area contributed by atoms with E-state index in [-0.39, 0.29) is 10.5 Å². The quantitative estimate of drug-likeness (QED) is 0.752. The molecule has 0 spiro atoms. The number of halogens is 2. The molecule has 3 rings (SSSR count). The van der Waals surface area contributed by atoms with Crippen LogP contribution in [0.4, 0.5) is 15.8 Å². The molecule has 0 saturated carbocycles. The van der Waals surface area contributed by atoms with Gasteiger partial charge >= 0.3 is 0 Å². The molecule has 7 nitrogen and oxygen atoms in total. The van der Waals surface area contributed by atoms with E-state index in [4.69, 9.17) is 11.6 Å². The van der Waals surface area contributed by atoms with Crippen LogP contribution in [0.1, 0.15) is 10.4 Å². The standard InChI is InChI=1S/C20H24ClFN4O3S/c1-24(2)30(28,29)15-5-6-17(22)16(13-15)20(27)23-18-12-14(21)4-7-19(18)26-10-8-25(3)9-11-26/h4-7,12-13H,8-11H2,1-3H3,(H,23,27). The van der Waals surface area contributed by atoms with Gasteiger partial charge in [-0.05, 0) is 43.4 Å². The van der Waals surface area contributed by atoms with E-state index in [2.05, 4.69) is 15.1 Å². The van der Waals surface area contributed by atoms with Gasteiger partial charge in [-0.2, -0.15) is 0 Å². The van der Waals surface area contributed by atoms with Crippen LogP contribution in [0, 0.1) is 5.82 Å². The molecule has 1 amide bonds. The van der Waals surface area contributed by atoms with Crippen LogP contribution in [0.2, 0.25) is 5.02 Å². The summed E-state index contributed by atoms with van der Waals surface area (Å²) in [6.45, 7) is 3.28. The molecule has 1 fully saturated rings. The van der Waals surface area contributed by atoms with Gasteiger partial charge in [-0.3, -0.25) is 4.79 Å². The molecule has 1 aliphatic rings. The topological polar surface area (TPSA) is 73.0 Å². The number of nitrogens with one attached hydrogen (secondary N) is 1. The van der Waals surface area contributed by atoms with Gasteiger partial charge in [-0.1, -0.05) is 11.6 Å². The zero-order valence-electron chi connectivity index (χ0n) is 17.0. The molecular weight excluding hydrogens is 431 g/mol. The zero-order chi connectivity index (χ0) is 22.1.